The molecule has 0 spiro atoms. The summed E-state index contributed by atoms with van der Waals surface area (Å²) in [5.74, 6) is 0. The molecule has 3 nitrogen and oxygen atoms in total. The van der Waals surface area contributed by atoms with Crippen molar-refractivity contribution in [1.29, 1.82) is 0 Å². The lowest BCUT2D eigenvalue weighted by atomic mass is 10.3. The fourth-order valence-electron chi connectivity index (χ4n) is 0.600. The van der Waals surface area contributed by atoms with Crippen molar-refractivity contribution in [1.82, 2.24) is 0 Å². The number of rotatable bonds is 1. The van der Waals surface area contributed by atoms with Gasteiger partial charge in [0.05, 0.1) is 4.92 Å². The first-order valence-electron chi connectivity index (χ1n) is 2.61. The van der Waals surface area contributed by atoms with Gasteiger partial charge in [0.25, 0.3) is 5.69 Å². The topological polar surface area (TPSA) is 43.1 Å². The molecule has 0 aromatic heterocycles. The Morgan fingerprint density at radius 3 is 2.27 bits per heavy atom. The quantitative estimate of drug-likeness (QED) is 0.484. The minimum absolute atomic E-state index is 0. The molecule has 0 heterocycles. The summed E-state index contributed by atoms with van der Waals surface area (Å²) in [6.45, 7) is 0. The Morgan fingerprint density at radius 2 is 1.91 bits per heavy atom. The monoisotopic (exact) mass is 173 g/mol. The van der Waals surface area contributed by atoms with Crippen LogP contribution >= 0.6 is 11.6 Å². The van der Waals surface area contributed by atoms with Crippen molar-refractivity contribution < 1.29 is 4.92 Å². The molecule has 0 aliphatic rings. The third-order valence-corrected chi connectivity index (χ3v) is 1.37. The molecule has 0 saturated heterocycles. The highest BCUT2D eigenvalue weighted by molar-refractivity contribution is 6.32. The van der Waals surface area contributed by atoms with Crippen LogP contribution in [0.4, 0.5) is 5.69 Å². The molecule has 0 fully saturated rings. The number of hydrogen-bond donors (Lipinski definition) is 0. The van der Waals surface area contributed by atoms with Gasteiger partial charge in [-0.2, -0.15) is 0 Å². The van der Waals surface area contributed by atoms with Crippen LogP contribution in [0.3, 0.4) is 0 Å². The summed E-state index contributed by atoms with van der Waals surface area (Å²) in [6.07, 6.45) is 0. The Morgan fingerprint density at radius 1 is 1.36 bits per heavy atom. The molecule has 0 unspecified atom stereocenters. The highest BCUT2D eigenvalue weighted by atomic mass is 35.5. The zero-order valence-electron chi connectivity index (χ0n) is 4.95. The Hall–Kier alpha value is -1.09. The second-order valence-corrected chi connectivity index (χ2v) is 2.12. The van der Waals surface area contributed by atoms with Crippen LogP contribution in [-0.4, -0.2) is 4.92 Å². The average Bonchev–Trinajstić information content (AvgIpc) is 1.88. The minimum Gasteiger partial charge on any atom is -0.258 e. The highest BCUT2D eigenvalue weighted by Gasteiger charge is 2.08. The van der Waals surface area contributed by atoms with Crippen molar-refractivity contribution >= 4 is 17.3 Å². The fourth-order valence-corrected chi connectivity index (χ4v) is 0.805. The maximum absolute atomic E-state index is 10.1. The summed E-state index contributed by atoms with van der Waals surface area (Å²) in [7, 11) is 0. The van der Waals surface area contributed by atoms with Crippen LogP contribution in [0, 0.1) is 10.1 Å². The van der Waals surface area contributed by atoms with Crippen molar-refractivity contribution in [3.8, 4) is 0 Å². The van der Waals surface area contributed by atoms with E-state index in [2.05, 4.69) is 0 Å². The molecule has 11 heavy (non-hydrogen) atoms. The van der Waals surface area contributed by atoms with Gasteiger partial charge < -0.3 is 0 Å². The number of nitrogens with zero attached hydrogens (tertiary/aromatic N) is 1. The first kappa shape index (κ1) is 9.91. The van der Waals surface area contributed by atoms with Crippen LogP contribution in [0.1, 0.15) is 7.43 Å². The summed E-state index contributed by atoms with van der Waals surface area (Å²) >= 11 is 5.48. The van der Waals surface area contributed by atoms with Gasteiger partial charge in [-0.25, -0.2) is 0 Å². The van der Waals surface area contributed by atoms with E-state index in [4.69, 9.17) is 11.6 Å². The standard InChI is InChI=1S/C6H4ClNO2.CH4/c7-5-3-1-2-4-6(5)8(9)10;/h1-4H;1H4. The van der Waals surface area contributed by atoms with Gasteiger partial charge in [0.1, 0.15) is 5.02 Å². The van der Waals surface area contributed by atoms with Gasteiger partial charge in [-0.15, -0.1) is 0 Å². The molecule has 0 amide bonds. The molecule has 0 bridgehead atoms. The molecule has 0 saturated carbocycles. The third-order valence-electron chi connectivity index (χ3n) is 1.05. The molecule has 0 radical (unpaired) electrons. The van der Waals surface area contributed by atoms with Crippen LogP contribution in [0.25, 0.3) is 0 Å². The molecule has 0 aliphatic heterocycles. The average molecular weight is 174 g/mol. The van der Waals surface area contributed by atoms with E-state index in [0.29, 0.717) is 0 Å². The van der Waals surface area contributed by atoms with Gasteiger partial charge in [-0.3, -0.25) is 10.1 Å². The SMILES string of the molecule is C.O=[N+]([O-])c1ccccc1Cl. The van der Waals surface area contributed by atoms with Gasteiger partial charge in [-0.05, 0) is 6.07 Å². The largest absolute Gasteiger partial charge is 0.287 e. The van der Waals surface area contributed by atoms with Gasteiger partial charge in [-0.1, -0.05) is 31.2 Å². The van der Waals surface area contributed by atoms with Crippen molar-refractivity contribution in [2.24, 2.45) is 0 Å². The first-order chi connectivity index (χ1) is 4.72. The van der Waals surface area contributed by atoms with Gasteiger partial charge in [0, 0.05) is 6.07 Å². The van der Waals surface area contributed by atoms with Crippen LogP contribution in [0.5, 0.6) is 0 Å². The van der Waals surface area contributed by atoms with Gasteiger partial charge >= 0.3 is 0 Å². The van der Waals surface area contributed by atoms with E-state index in [1.54, 1.807) is 12.1 Å². The Kier molecular flexibility index (Phi) is 3.54. The summed E-state index contributed by atoms with van der Waals surface area (Å²) in [4.78, 5) is 9.63. The lowest BCUT2D eigenvalue weighted by Gasteiger charge is -1.90. The highest BCUT2D eigenvalue weighted by Crippen LogP contribution is 2.21. The lowest BCUT2D eigenvalue weighted by molar-refractivity contribution is -0.384. The van der Waals surface area contributed by atoms with E-state index in [1.807, 2.05) is 0 Å². The molecular weight excluding hydrogens is 166 g/mol. The van der Waals surface area contributed by atoms with E-state index < -0.39 is 4.92 Å². The Bertz CT molecular complexity index is 262. The van der Waals surface area contributed by atoms with E-state index in [1.165, 1.54) is 12.1 Å². The summed E-state index contributed by atoms with van der Waals surface area (Å²) < 4.78 is 0. The zero-order chi connectivity index (χ0) is 7.56. The molecule has 1 aromatic rings. The van der Waals surface area contributed by atoms with E-state index in [0.717, 1.165) is 0 Å². The van der Waals surface area contributed by atoms with E-state index in [9.17, 15) is 10.1 Å². The Labute approximate surface area is 69.8 Å². The second kappa shape index (κ2) is 3.93. The minimum atomic E-state index is -0.512. The molecule has 0 N–H and O–H groups in total. The molecule has 1 aromatic carbocycles. The predicted octanol–water partition coefficient (Wildman–Crippen LogP) is 2.88. The van der Waals surface area contributed by atoms with Gasteiger partial charge in [0.2, 0.25) is 0 Å². The molecule has 60 valence electrons. The number of hydrogen-bond acceptors (Lipinski definition) is 2. The smallest absolute Gasteiger partial charge is 0.258 e. The summed E-state index contributed by atoms with van der Waals surface area (Å²) in [5.41, 5.74) is -0.0517. The van der Waals surface area contributed by atoms with Gasteiger partial charge in [0.15, 0.2) is 0 Å². The van der Waals surface area contributed by atoms with Crippen LogP contribution in [0.2, 0.25) is 5.02 Å². The maximum atomic E-state index is 10.1. The van der Waals surface area contributed by atoms with E-state index >= 15 is 0 Å². The second-order valence-electron chi connectivity index (χ2n) is 1.71. The van der Waals surface area contributed by atoms with Crippen LogP contribution < -0.4 is 0 Å². The number of nitro benzene ring substituents is 1. The zero-order valence-corrected chi connectivity index (χ0v) is 5.71. The molecular formula is C7H8ClNO2. The summed E-state index contributed by atoms with van der Waals surface area (Å²) in [5, 5.41) is 10.3. The van der Waals surface area contributed by atoms with Crippen molar-refractivity contribution in [3.63, 3.8) is 0 Å². The fraction of sp³-hybridized carbons (Fsp3) is 0.143. The number of nitro groups is 1. The third kappa shape index (κ3) is 2.20. The van der Waals surface area contributed by atoms with E-state index in [-0.39, 0.29) is 18.1 Å². The molecule has 1 rings (SSSR count). The number of halogens is 1. The first-order valence-corrected chi connectivity index (χ1v) is 2.98. The lowest BCUT2D eigenvalue weighted by Crippen LogP contribution is -1.87. The predicted molar refractivity (Wildman–Crippen MR) is 44.8 cm³/mol. The van der Waals surface area contributed by atoms with Crippen LogP contribution in [-0.2, 0) is 0 Å². The van der Waals surface area contributed by atoms with Crippen LogP contribution in [0.15, 0.2) is 24.3 Å². The summed E-state index contributed by atoms with van der Waals surface area (Å²) in [6, 6.07) is 6.07. The number of benzene rings is 1. The Balaban J connectivity index is 0.000001000. The maximum Gasteiger partial charge on any atom is 0.287 e. The molecule has 0 aliphatic carbocycles. The molecule has 4 heteroatoms. The normalized spacial score (nSPS) is 8.45. The van der Waals surface area contributed by atoms with Crippen molar-refractivity contribution in [2.75, 3.05) is 0 Å². The number of para-hydroxylation sites is 1. The van der Waals surface area contributed by atoms with Crippen molar-refractivity contribution in [2.45, 2.75) is 7.43 Å². The van der Waals surface area contributed by atoms with Crippen molar-refractivity contribution in [3.05, 3.63) is 39.4 Å². The molecule has 0 atom stereocenters.